The Bertz CT molecular complexity index is 630. The first-order chi connectivity index (χ1) is 9.37. The summed E-state index contributed by atoms with van der Waals surface area (Å²) in [6.45, 7) is 0.128. The lowest BCUT2D eigenvalue weighted by molar-refractivity contribution is 0.1000. The maximum atomic E-state index is 12.5. The zero-order valence-electron chi connectivity index (χ0n) is 10.8. The Labute approximate surface area is 117 Å². The fourth-order valence-corrected chi connectivity index (χ4v) is 4.15. The van der Waals surface area contributed by atoms with Gasteiger partial charge in [-0.15, -0.1) is 0 Å². The fraction of sp³-hybridized carbons (Fsp3) is 0.417. The number of rotatable bonds is 4. The molecule has 0 spiro atoms. The Balaban J connectivity index is 2.42. The first-order valence-corrected chi connectivity index (χ1v) is 7.64. The molecule has 1 aromatic carbocycles. The molecule has 1 saturated heterocycles. The molecule has 0 aromatic heterocycles. The smallest absolute Gasteiger partial charge is 0.248 e. The summed E-state index contributed by atoms with van der Waals surface area (Å²) in [7, 11) is -3.78. The molecule has 1 atom stereocenters. The van der Waals surface area contributed by atoms with E-state index >= 15 is 0 Å². The van der Waals surface area contributed by atoms with Gasteiger partial charge in [0.05, 0.1) is 12.3 Å². The van der Waals surface area contributed by atoms with Crippen LogP contribution in [0, 0.1) is 0 Å². The Morgan fingerprint density at radius 1 is 1.45 bits per heavy atom. The number of hydrogen-bond acceptors (Lipinski definition) is 5. The zero-order chi connectivity index (χ0) is 14.9. The highest BCUT2D eigenvalue weighted by atomic mass is 32.2. The summed E-state index contributed by atoms with van der Waals surface area (Å²) >= 11 is 0. The van der Waals surface area contributed by atoms with Gasteiger partial charge in [0, 0.05) is 18.2 Å². The minimum Gasteiger partial charge on any atom is -0.398 e. The second-order valence-electron chi connectivity index (χ2n) is 4.71. The molecule has 1 aromatic rings. The largest absolute Gasteiger partial charge is 0.398 e. The molecule has 0 bridgehead atoms. The van der Waals surface area contributed by atoms with E-state index in [1.807, 2.05) is 0 Å². The number of carbonyl (C=O) groups excluding carboxylic acids is 1. The van der Waals surface area contributed by atoms with E-state index in [2.05, 4.69) is 0 Å². The van der Waals surface area contributed by atoms with Crippen molar-refractivity contribution in [2.24, 2.45) is 5.73 Å². The topological polar surface area (TPSA) is 127 Å². The van der Waals surface area contributed by atoms with Crippen molar-refractivity contribution in [1.82, 2.24) is 4.31 Å². The van der Waals surface area contributed by atoms with E-state index in [0.29, 0.717) is 19.4 Å². The van der Waals surface area contributed by atoms with Gasteiger partial charge in [0.2, 0.25) is 15.9 Å². The highest BCUT2D eigenvalue weighted by Crippen LogP contribution is 2.29. The van der Waals surface area contributed by atoms with Crippen LogP contribution in [0.3, 0.4) is 0 Å². The van der Waals surface area contributed by atoms with Gasteiger partial charge in [-0.25, -0.2) is 8.42 Å². The average molecular weight is 299 g/mol. The van der Waals surface area contributed by atoms with Gasteiger partial charge >= 0.3 is 0 Å². The van der Waals surface area contributed by atoms with Gasteiger partial charge < -0.3 is 16.6 Å². The number of nitrogen functional groups attached to an aromatic ring is 1. The number of benzene rings is 1. The van der Waals surface area contributed by atoms with Gasteiger partial charge in [-0.3, -0.25) is 4.79 Å². The molecule has 5 N–H and O–H groups in total. The predicted octanol–water partition coefficient (Wildman–Crippen LogP) is -0.487. The van der Waals surface area contributed by atoms with E-state index in [4.69, 9.17) is 11.5 Å². The highest BCUT2D eigenvalue weighted by molar-refractivity contribution is 7.89. The first-order valence-electron chi connectivity index (χ1n) is 6.20. The van der Waals surface area contributed by atoms with Crippen molar-refractivity contribution in [1.29, 1.82) is 0 Å². The molecule has 20 heavy (non-hydrogen) atoms. The lowest BCUT2D eigenvalue weighted by Crippen LogP contribution is -2.37. The SMILES string of the molecule is NC(=O)c1ccc(S(=O)(=O)N2CCC[C@@H]2CO)c(N)c1. The van der Waals surface area contributed by atoms with Crippen molar-refractivity contribution in [3.8, 4) is 0 Å². The number of primary amides is 1. The van der Waals surface area contributed by atoms with Crippen LogP contribution in [0.1, 0.15) is 23.2 Å². The summed E-state index contributed by atoms with van der Waals surface area (Å²) in [5.74, 6) is -0.671. The summed E-state index contributed by atoms with van der Waals surface area (Å²) in [4.78, 5) is 11.0. The molecule has 7 nitrogen and oxygen atoms in total. The van der Waals surface area contributed by atoms with Crippen LogP contribution in [0.25, 0.3) is 0 Å². The summed E-state index contributed by atoms with van der Waals surface area (Å²) in [5, 5.41) is 9.23. The number of sulfonamides is 1. The third kappa shape index (κ3) is 2.49. The average Bonchev–Trinajstić information content (AvgIpc) is 2.87. The third-order valence-electron chi connectivity index (χ3n) is 3.41. The van der Waals surface area contributed by atoms with Crippen LogP contribution < -0.4 is 11.5 Å². The molecule has 0 aliphatic carbocycles. The van der Waals surface area contributed by atoms with Gasteiger partial charge in [0.15, 0.2) is 0 Å². The second-order valence-corrected chi connectivity index (χ2v) is 6.57. The van der Waals surface area contributed by atoms with Crippen molar-refractivity contribution in [3.63, 3.8) is 0 Å². The lowest BCUT2D eigenvalue weighted by atomic mass is 10.2. The van der Waals surface area contributed by atoms with Crippen molar-refractivity contribution < 1.29 is 18.3 Å². The predicted molar refractivity (Wildman–Crippen MR) is 73.4 cm³/mol. The fourth-order valence-electron chi connectivity index (χ4n) is 2.37. The zero-order valence-corrected chi connectivity index (χ0v) is 11.6. The van der Waals surface area contributed by atoms with Gasteiger partial charge in [-0.05, 0) is 31.0 Å². The Kier molecular flexibility index (Phi) is 3.98. The summed E-state index contributed by atoms with van der Waals surface area (Å²) in [6.07, 6.45) is 1.32. The van der Waals surface area contributed by atoms with Crippen LogP contribution >= 0.6 is 0 Å². The molecule has 1 heterocycles. The summed E-state index contributed by atoms with van der Waals surface area (Å²) in [6, 6.07) is 3.43. The Morgan fingerprint density at radius 2 is 2.15 bits per heavy atom. The third-order valence-corrected chi connectivity index (χ3v) is 5.44. The van der Waals surface area contributed by atoms with Gasteiger partial charge in [0.1, 0.15) is 4.90 Å². The minimum absolute atomic E-state index is 0.0233. The monoisotopic (exact) mass is 299 g/mol. The first kappa shape index (κ1) is 14.8. The molecule has 1 amide bonds. The Hall–Kier alpha value is -1.64. The van der Waals surface area contributed by atoms with E-state index < -0.39 is 22.0 Å². The quantitative estimate of drug-likeness (QED) is 0.647. The number of amides is 1. The maximum Gasteiger partial charge on any atom is 0.248 e. The number of aliphatic hydroxyl groups is 1. The number of aliphatic hydroxyl groups excluding tert-OH is 1. The molecule has 110 valence electrons. The van der Waals surface area contributed by atoms with E-state index in [9.17, 15) is 18.3 Å². The molecule has 0 saturated carbocycles. The molecular formula is C12H17N3O4S. The minimum atomic E-state index is -3.78. The maximum absolute atomic E-state index is 12.5. The van der Waals surface area contributed by atoms with Crippen molar-refractivity contribution in [3.05, 3.63) is 23.8 Å². The van der Waals surface area contributed by atoms with Gasteiger partial charge in [-0.2, -0.15) is 4.31 Å². The normalized spacial score (nSPS) is 20.1. The molecule has 1 aliphatic rings. The van der Waals surface area contributed by atoms with E-state index in [0.717, 1.165) is 0 Å². The Morgan fingerprint density at radius 3 is 2.70 bits per heavy atom. The number of hydrogen-bond donors (Lipinski definition) is 3. The van der Waals surface area contributed by atoms with Crippen LogP contribution in [0.4, 0.5) is 5.69 Å². The second kappa shape index (κ2) is 5.39. The van der Waals surface area contributed by atoms with Crippen LogP contribution in [0.2, 0.25) is 0 Å². The highest BCUT2D eigenvalue weighted by Gasteiger charge is 2.35. The molecule has 0 unspecified atom stereocenters. The molecule has 1 fully saturated rings. The van der Waals surface area contributed by atoms with Crippen LogP contribution in [0.5, 0.6) is 0 Å². The number of anilines is 1. The van der Waals surface area contributed by atoms with Crippen LogP contribution in [0.15, 0.2) is 23.1 Å². The standard InChI is InChI=1S/C12H17N3O4S/c13-10-6-8(12(14)17)3-4-11(10)20(18,19)15-5-1-2-9(15)7-16/h3-4,6,9,16H,1-2,5,7,13H2,(H2,14,17)/t9-/m1/s1. The molecule has 1 aliphatic heterocycles. The van der Waals surface area contributed by atoms with Gasteiger partial charge in [-0.1, -0.05) is 0 Å². The summed E-state index contributed by atoms with van der Waals surface area (Å²) < 4.78 is 26.3. The molecule has 2 rings (SSSR count). The van der Waals surface area contributed by atoms with Crippen molar-refractivity contribution >= 4 is 21.6 Å². The van der Waals surface area contributed by atoms with E-state index in [1.165, 1.54) is 22.5 Å². The van der Waals surface area contributed by atoms with Crippen LogP contribution in [-0.2, 0) is 10.0 Å². The number of nitrogens with two attached hydrogens (primary N) is 2. The van der Waals surface area contributed by atoms with E-state index in [1.54, 1.807) is 0 Å². The van der Waals surface area contributed by atoms with Crippen LogP contribution in [-0.4, -0.2) is 42.9 Å². The molecular weight excluding hydrogens is 282 g/mol. The summed E-state index contributed by atoms with van der Waals surface area (Å²) in [5.41, 5.74) is 11.0. The lowest BCUT2D eigenvalue weighted by Gasteiger charge is -2.23. The van der Waals surface area contributed by atoms with Gasteiger partial charge in [0.25, 0.3) is 0 Å². The number of carbonyl (C=O) groups is 1. The number of nitrogens with zero attached hydrogens (tertiary/aromatic N) is 1. The van der Waals surface area contributed by atoms with Crippen molar-refractivity contribution in [2.75, 3.05) is 18.9 Å². The van der Waals surface area contributed by atoms with Crippen molar-refractivity contribution in [2.45, 2.75) is 23.8 Å². The molecule has 8 heteroatoms. The molecule has 0 radical (unpaired) electrons. The van der Waals surface area contributed by atoms with E-state index in [-0.39, 0.29) is 22.8 Å².